The third-order valence-corrected chi connectivity index (χ3v) is 6.41. The highest BCUT2D eigenvalue weighted by molar-refractivity contribution is 7.18. The smallest absolute Gasteiger partial charge is 0.324 e. The van der Waals surface area contributed by atoms with Gasteiger partial charge in [-0.2, -0.15) is 0 Å². The minimum Gasteiger partial charge on any atom is -0.324 e. The molecule has 32 heavy (non-hydrogen) atoms. The van der Waals surface area contributed by atoms with Gasteiger partial charge in [0.1, 0.15) is 12.9 Å². The number of nitrogens with one attached hydrogen (secondary N) is 1. The standard InChI is InChI=1S/C24H21N5O2S/c1-3-16-6-10-18(11-7-16)26-20(30)12-29-24(31)28-14-25-21-19(13-32-22(21)23(28)27-29)17-8-4-15(2)5-9-17/h4-11,13-14H,3,12H2,1-2H3,(H,26,30). The van der Waals surface area contributed by atoms with Crippen molar-refractivity contribution < 1.29 is 4.79 Å². The SMILES string of the molecule is CCc1ccc(NC(=O)Cn2nc3c4scc(-c5ccc(C)cc5)c4ncn3c2=O)cc1. The monoisotopic (exact) mass is 443 g/mol. The van der Waals surface area contributed by atoms with E-state index in [0.717, 1.165) is 27.8 Å². The summed E-state index contributed by atoms with van der Waals surface area (Å²) < 4.78 is 3.38. The average molecular weight is 444 g/mol. The molecule has 1 amide bonds. The fourth-order valence-electron chi connectivity index (χ4n) is 3.63. The van der Waals surface area contributed by atoms with Crippen LogP contribution in [0.4, 0.5) is 5.69 Å². The van der Waals surface area contributed by atoms with E-state index >= 15 is 0 Å². The Morgan fingerprint density at radius 2 is 1.84 bits per heavy atom. The van der Waals surface area contributed by atoms with E-state index in [1.54, 1.807) is 0 Å². The summed E-state index contributed by atoms with van der Waals surface area (Å²) >= 11 is 1.49. The van der Waals surface area contributed by atoms with Gasteiger partial charge < -0.3 is 5.32 Å². The van der Waals surface area contributed by atoms with E-state index in [1.165, 1.54) is 37.9 Å². The summed E-state index contributed by atoms with van der Waals surface area (Å²) in [6, 6.07) is 15.9. The third kappa shape index (κ3) is 3.58. The van der Waals surface area contributed by atoms with E-state index in [1.807, 2.05) is 36.6 Å². The number of rotatable bonds is 5. The van der Waals surface area contributed by atoms with Gasteiger partial charge in [-0.15, -0.1) is 16.4 Å². The highest BCUT2D eigenvalue weighted by Gasteiger charge is 2.17. The molecule has 0 saturated carbocycles. The van der Waals surface area contributed by atoms with Crippen LogP contribution in [0.5, 0.6) is 0 Å². The lowest BCUT2D eigenvalue weighted by Crippen LogP contribution is -2.28. The van der Waals surface area contributed by atoms with E-state index in [0.29, 0.717) is 11.3 Å². The Morgan fingerprint density at radius 1 is 1.09 bits per heavy atom. The molecular formula is C24H21N5O2S. The van der Waals surface area contributed by atoms with Gasteiger partial charge in [0, 0.05) is 16.6 Å². The summed E-state index contributed by atoms with van der Waals surface area (Å²) in [5, 5.41) is 9.29. The highest BCUT2D eigenvalue weighted by atomic mass is 32.1. The molecule has 0 spiro atoms. The van der Waals surface area contributed by atoms with Crippen LogP contribution >= 0.6 is 11.3 Å². The molecule has 0 aliphatic carbocycles. The number of benzene rings is 2. The van der Waals surface area contributed by atoms with Gasteiger partial charge >= 0.3 is 5.69 Å². The second-order valence-corrected chi connectivity index (χ2v) is 8.55. The first-order valence-corrected chi connectivity index (χ1v) is 11.2. The van der Waals surface area contributed by atoms with Crippen LogP contribution in [0.3, 0.4) is 0 Å². The number of amides is 1. The van der Waals surface area contributed by atoms with Gasteiger partial charge in [-0.05, 0) is 36.6 Å². The molecule has 5 rings (SSSR count). The van der Waals surface area contributed by atoms with Crippen LogP contribution in [0.1, 0.15) is 18.1 Å². The maximum atomic E-state index is 12.8. The molecule has 5 aromatic rings. The summed E-state index contributed by atoms with van der Waals surface area (Å²) in [6.45, 7) is 3.95. The molecule has 0 fully saturated rings. The highest BCUT2D eigenvalue weighted by Crippen LogP contribution is 2.34. The molecule has 0 aliphatic heterocycles. The van der Waals surface area contributed by atoms with Gasteiger partial charge in [-0.1, -0.05) is 48.9 Å². The lowest BCUT2D eigenvalue weighted by atomic mass is 10.1. The van der Waals surface area contributed by atoms with Crippen LogP contribution in [0.2, 0.25) is 0 Å². The minimum atomic E-state index is -0.392. The van der Waals surface area contributed by atoms with Crippen LogP contribution < -0.4 is 11.0 Å². The van der Waals surface area contributed by atoms with E-state index in [4.69, 9.17) is 0 Å². The van der Waals surface area contributed by atoms with Crippen LogP contribution in [0.25, 0.3) is 27.0 Å². The zero-order valence-corrected chi connectivity index (χ0v) is 18.5. The zero-order chi connectivity index (χ0) is 22.2. The first kappa shape index (κ1) is 20.1. The van der Waals surface area contributed by atoms with Crippen molar-refractivity contribution in [1.82, 2.24) is 19.2 Å². The summed E-state index contributed by atoms with van der Waals surface area (Å²) in [5.41, 5.74) is 6.04. The molecule has 7 nitrogen and oxygen atoms in total. The summed E-state index contributed by atoms with van der Waals surface area (Å²) in [7, 11) is 0. The molecule has 3 aromatic heterocycles. The second kappa shape index (κ2) is 8.05. The van der Waals surface area contributed by atoms with Gasteiger partial charge in [0.2, 0.25) is 5.91 Å². The number of thiophene rings is 1. The van der Waals surface area contributed by atoms with E-state index in [9.17, 15) is 9.59 Å². The van der Waals surface area contributed by atoms with Gasteiger partial charge in [-0.25, -0.2) is 18.9 Å². The number of hydrogen-bond acceptors (Lipinski definition) is 5. The van der Waals surface area contributed by atoms with Gasteiger partial charge in [0.25, 0.3) is 0 Å². The predicted octanol–water partition coefficient (Wildman–Crippen LogP) is 4.28. The Balaban J connectivity index is 1.46. The third-order valence-electron chi connectivity index (χ3n) is 5.44. The molecule has 2 aromatic carbocycles. The Labute approximate surface area is 188 Å². The van der Waals surface area contributed by atoms with Crippen molar-refractivity contribution in [1.29, 1.82) is 0 Å². The molecule has 1 N–H and O–H groups in total. The molecule has 0 aliphatic rings. The van der Waals surface area contributed by atoms with Crippen LogP contribution in [0.15, 0.2) is 65.0 Å². The molecular weight excluding hydrogens is 422 g/mol. The number of aromatic nitrogens is 4. The van der Waals surface area contributed by atoms with Gasteiger partial charge in [0.05, 0.1) is 10.2 Å². The maximum absolute atomic E-state index is 12.8. The largest absolute Gasteiger partial charge is 0.352 e. The van der Waals surface area contributed by atoms with Crippen molar-refractivity contribution in [2.45, 2.75) is 26.8 Å². The Hall–Kier alpha value is -3.78. The van der Waals surface area contributed by atoms with Crippen molar-refractivity contribution in [3.63, 3.8) is 0 Å². The number of carbonyl (C=O) groups excluding carboxylic acids is 1. The second-order valence-electron chi connectivity index (χ2n) is 7.67. The maximum Gasteiger partial charge on any atom is 0.352 e. The first-order valence-electron chi connectivity index (χ1n) is 10.3. The van der Waals surface area contributed by atoms with E-state index < -0.39 is 5.69 Å². The predicted molar refractivity (Wildman–Crippen MR) is 127 cm³/mol. The fourth-order valence-corrected chi connectivity index (χ4v) is 4.64. The molecule has 0 unspecified atom stereocenters. The number of fused-ring (bicyclic) bond motifs is 3. The quantitative estimate of drug-likeness (QED) is 0.440. The molecule has 0 bridgehead atoms. The van der Waals surface area contributed by atoms with E-state index in [-0.39, 0.29) is 12.5 Å². The number of hydrogen-bond donors (Lipinski definition) is 1. The molecule has 0 radical (unpaired) electrons. The van der Waals surface area contributed by atoms with Crippen molar-refractivity contribution in [2.24, 2.45) is 0 Å². The molecule has 8 heteroatoms. The van der Waals surface area contributed by atoms with Crippen molar-refractivity contribution >= 4 is 38.8 Å². The minimum absolute atomic E-state index is 0.173. The first-order chi connectivity index (χ1) is 15.5. The topological polar surface area (TPSA) is 81.3 Å². The molecule has 160 valence electrons. The Morgan fingerprint density at radius 3 is 2.56 bits per heavy atom. The van der Waals surface area contributed by atoms with Gasteiger partial charge in [0.15, 0.2) is 5.65 Å². The van der Waals surface area contributed by atoms with Crippen molar-refractivity contribution in [2.75, 3.05) is 5.32 Å². The summed E-state index contributed by atoms with van der Waals surface area (Å²) in [4.78, 5) is 29.8. The zero-order valence-electron chi connectivity index (χ0n) is 17.7. The number of carbonyl (C=O) groups is 1. The van der Waals surface area contributed by atoms with E-state index in [2.05, 4.69) is 46.6 Å². The molecule has 3 heterocycles. The van der Waals surface area contributed by atoms with Crippen LogP contribution in [-0.2, 0) is 17.8 Å². The summed E-state index contributed by atoms with van der Waals surface area (Å²) in [6.07, 6.45) is 2.41. The normalized spacial score (nSPS) is 11.3. The molecule has 0 saturated heterocycles. The Kier molecular flexibility index (Phi) is 5.07. The van der Waals surface area contributed by atoms with Crippen LogP contribution in [0, 0.1) is 6.92 Å². The van der Waals surface area contributed by atoms with Crippen molar-refractivity contribution in [3.8, 4) is 11.1 Å². The number of anilines is 1. The molecule has 0 atom stereocenters. The fraction of sp³-hybridized carbons (Fsp3) is 0.167. The number of nitrogens with zero attached hydrogens (tertiary/aromatic N) is 4. The van der Waals surface area contributed by atoms with Gasteiger partial charge in [-0.3, -0.25) is 4.79 Å². The van der Waals surface area contributed by atoms with Crippen LogP contribution in [-0.4, -0.2) is 25.1 Å². The summed E-state index contributed by atoms with van der Waals surface area (Å²) in [5.74, 6) is -0.310. The average Bonchev–Trinajstić information content (AvgIpc) is 3.36. The lowest BCUT2D eigenvalue weighted by molar-refractivity contribution is -0.117. The number of aryl methyl sites for hydroxylation is 2. The van der Waals surface area contributed by atoms with Crippen molar-refractivity contribution in [3.05, 3.63) is 81.8 Å². The Bertz CT molecular complexity index is 1490. The lowest BCUT2D eigenvalue weighted by Gasteiger charge is -2.05.